The number of benzene rings is 3. The van der Waals surface area contributed by atoms with Crippen molar-refractivity contribution in [2.24, 2.45) is 0 Å². The molecule has 0 aromatic heterocycles. The lowest BCUT2D eigenvalue weighted by atomic mass is 9.96. The number of nitrogens with zero attached hydrogens (tertiary/aromatic N) is 2. The van der Waals surface area contributed by atoms with E-state index in [1.54, 1.807) is 65.4 Å². The third kappa shape index (κ3) is 5.18. The Balaban J connectivity index is 1.18. The molecule has 3 aliphatic heterocycles. The minimum Gasteiger partial charge on any atom is -0.497 e. The van der Waals surface area contributed by atoms with Gasteiger partial charge >= 0.3 is 0 Å². The maximum absolute atomic E-state index is 13.9. The fraction of sp³-hybridized carbons (Fsp3) is 0.323. The molecule has 41 heavy (non-hydrogen) atoms. The zero-order valence-corrected chi connectivity index (χ0v) is 22.7. The van der Waals surface area contributed by atoms with Gasteiger partial charge in [-0.1, -0.05) is 24.3 Å². The van der Waals surface area contributed by atoms with Crippen LogP contribution in [0.5, 0.6) is 17.2 Å². The van der Waals surface area contributed by atoms with E-state index in [-0.39, 0.29) is 37.7 Å². The number of fused-ring (bicyclic) bond motifs is 1. The van der Waals surface area contributed by atoms with Gasteiger partial charge in [0.25, 0.3) is 11.8 Å². The van der Waals surface area contributed by atoms with Crippen molar-refractivity contribution in [2.45, 2.75) is 31.2 Å². The summed E-state index contributed by atoms with van der Waals surface area (Å²) >= 11 is 0. The highest BCUT2D eigenvalue weighted by Gasteiger charge is 2.54. The number of likely N-dealkylation sites (tertiary alicyclic amines) is 1. The molecule has 0 saturated carbocycles. The summed E-state index contributed by atoms with van der Waals surface area (Å²) in [5.41, 5.74) is 0.891. The van der Waals surface area contributed by atoms with Crippen molar-refractivity contribution in [3.63, 3.8) is 0 Å². The van der Waals surface area contributed by atoms with Gasteiger partial charge in [-0.15, -0.1) is 0 Å². The molecular weight excluding hydrogens is 526 g/mol. The second kappa shape index (κ2) is 11.1. The van der Waals surface area contributed by atoms with Gasteiger partial charge in [-0.2, -0.15) is 0 Å². The monoisotopic (exact) mass is 557 g/mol. The van der Waals surface area contributed by atoms with E-state index in [4.69, 9.17) is 18.9 Å². The molecule has 2 fully saturated rings. The molecule has 3 aromatic carbocycles. The molecule has 10 nitrogen and oxygen atoms in total. The minimum absolute atomic E-state index is 0.0674. The fourth-order valence-corrected chi connectivity index (χ4v) is 5.62. The van der Waals surface area contributed by atoms with Gasteiger partial charge in [0.05, 0.1) is 13.7 Å². The number of hydrogen-bond acceptors (Lipinski definition) is 7. The number of carbonyl (C=O) groups is 3. The first-order valence-corrected chi connectivity index (χ1v) is 13.6. The Morgan fingerprint density at radius 3 is 2.34 bits per heavy atom. The number of piperidine rings is 1. The van der Waals surface area contributed by atoms with Gasteiger partial charge in [0.1, 0.15) is 17.5 Å². The summed E-state index contributed by atoms with van der Waals surface area (Å²) in [5, 5.41) is 2.96. The summed E-state index contributed by atoms with van der Waals surface area (Å²) in [7, 11) is 1.58. The van der Waals surface area contributed by atoms with Crippen LogP contribution in [0.4, 0.5) is 0 Å². The molecule has 3 aliphatic rings. The maximum atomic E-state index is 13.9. The quantitative estimate of drug-likeness (QED) is 0.496. The van der Waals surface area contributed by atoms with Crippen LogP contribution in [0.15, 0.2) is 72.8 Å². The Bertz CT molecular complexity index is 1440. The van der Waals surface area contributed by atoms with Crippen molar-refractivity contribution in [3.8, 4) is 17.2 Å². The Morgan fingerprint density at radius 1 is 0.902 bits per heavy atom. The lowest BCUT2D eigenvalue weighted by Gasteiger charge is -2.44. The Kier molecular flexibility index (Phi) is 7.23. The van der Waals surface area contributed by atoms with Gasteiger partial charge in [-0.05, 0) is 54.1 Å². The molecule has 0 bridgehead atoms. The van der Waals surface area contributed by atoms with Gasteiger partial charge < -0.3 is 29.2 Å². The molecule has 3 heterocycles. The Morgan fingerprint density at radius 2 is 1.61 bits per heavy atom. The SMILES string of the molecule is COc1ccc(C(=O)N2CCC3(CC2)OC[C@H](C(=O)NCc2ccc4c(c2)OCO4)N3C(=O)c2ccccc2)cc1. The van der Waals surface area contributed by atoms with Crippen LogP contribution in [-0.2, 0) is 16.1 Å². The number of carbonyl (C=O) groups excluding carboxylic acids is 3. The van der Waals surface area contributed by atoms with E-state index < -0.39 is 11.8 Å². The Hall–Kier alpha value is -4.57. The maximum Gasteiger partial charge on any atom is 0.256 e. The molecule has 1 atom stereocenters. The van der Waals surface area contributed by atoms with Crippen LogP contribution in [-0.4, -0.2) is 72.9 Å². The highest BCUT2D eigenvalue weighted by molar-refractivity contribution is 5.98. The van der Waals surface area contributed by atoms with Crippen LogP contribution >= 0.6 is 0 Å². The molecule has 3 amide bonds. The third-order valence-corrected chi connectivity index (χ3v) is 7.88. The standard InChI is InChI=1S/C31H31N3O7/c1-38-24-10-8-23(9-11-24)29(36)33-15-13-31(14-16-33)34(30(37)22-5-3-2-4-6-22)25(19-41-31)28(35)32-18-21-7-12-26-27(17-21)40-20-39-26/h2-12,17,25H,13-16,18-20H2,1H3,(H,32,35)/t25-/m1/s1. The van der Waals surface area contributed by atoms with E-state index in [0.29, 0.717) is 54.3 Å². The lowest BCUT2D eigenvalue weighted by molar-refractivity contribution is -0.128. The number of ether oxygens (including phenoxy) is 4. The summed E-state index contributed by atoms with van der Waals surface area (Å²) in [4.78, 5) is 43.9. The number of methoxy groups -OCH3 is 1. The normalized spacial score (nSPS) is 18.8. The number of nitrogens with one attached hydrogen (secondary N) is 1. The second-order valence-corrected chi connectivity index (χ2v) is 10.2. The zero-order valence-electron chi connectivity index (χ0n) is 22.7. The van der Waals surface area contributed by atoms with E-state index in [9.17, 15) is 14.4 Å². The van der Waals surface area contributed by atoms with Crippen LogP contribution in [0, 0.1) is 0 Å². The average Bonchev–Trinajstić information content (AvgIpc) is 3.64. The van der Waals surface area contributed by atoms with Crippen LogP contribution in [0.2, 0.25) is 0 Å². The second-order valence-electron chi connectivity index (χ2n) is 10.2. The predicted molar refractivity (Wildman–Crippen MR) is 148 cm³/mol. The average molecular weight is 558 g/mol. The summed E-state index contributed by atoms with van der Waals surface area (Å²) < 4.78 is 22.3. The molecule has 0 radical (unpaired) electrons. The highest BCUT2D eigenvalue weighted by atomic mass is 16.7. The van der Waals surface area contributed by atoms with Crippen LogP contribution < -0.4 is 19.5 Å². The molecule has 0 aliphatic carbocycles. The highest BCUT2D eigenvalue weighted by Crippen LogP contribution is 2.39. The van der Waals surface area contributed by atoms with Crippen molar-refractivity contribution in [1.82, 2.24) is 15.1 Å². The minimum atomic E-state index is -0.996. The molecular formula is C31H31N3O7. The first-order chi connectivity index (χ1) is 20.0. The van der Waals surface area contributed by atoms with E-state index in [1.807, 2.05) is 24.3 Å². The van der Waals surface area contributed by atoms with Gasteiger partial charge in [0.15, 0.2) is 11.5 Å². The van der Waals surface area contributed by atoms with E-state index in [2.05, 4.69) is 5.32 Å². The molecule has 1 N–H and O–H groups in total. The van der Waals surface area contributed by atoms with Crippen LogP contribution in [0.1, 0.15) is 39.1 Å². The van der Waals surface area contributed by atoms with Crippen molar-refractivity contribution < 1.29 is 33.3 Å². The molecule has 10 heteroatoms. The van der Waals surface area contributed by atoms with Crippen molar-refractivity contribution in [1.29, 1.82) is 0 Å². The first kappa shape index (κ1) is 26.6. The van der Waals surface area contributed by atoms with E-state index in [0.717, 1.165) is 5.56 Å². The van der Waals surface area contributed by atoms with E-state index in [1.165, 1.54) is 0 Å². The van der Waals surface area contributed by atoms with Crippen molar-refractivity contribution >= 4 is 17.7 Å². The molecule has 0 unspecified atom stereocenters. The summed E-state index contributed by atoms with van der Waals surface area (Å²) in [5.74, 6) is 1.30. The van der Waals surface area contributed by atoms with Crippen LogP contribution in [0.25, 0.3) is 0 Å². The largest absolute Gasteiger partial charge is 0.497 e. The topological polar surface area (TPSA) is 107 Å². The summed E-state index contributed by atoms with van der Waals surface area (Å²) in [6.07, 6.45) is 0.777. The Labute approximate surface area is 237 Å². The molecule has 212 valence electrons. The third-order valence-electron chi connectivity index (χ3n) is 7.88. The van der Waals surface area contributed by atoms with E-state index >= 15 is 0 Å². The van der Waals surface area contributed by atoms with Crippen molar-refractivity contribution in [3.05, 3.63) is 89.5 Å². The van der Waals surface area contributed by atoms with Gasteiger partial charge in [-0.25, -0.2) is 0 Å². The summed E-state index contributed by atoms with van der Waals surface area (Å²) in [6, 6.07) is 20.6. The number of hydrogen-bond donors (Lipinski definition) is 1. The lowest BCUT2D eigenvalue weighted by Crippen LogP contribution is -2.59. The fourth-order valence-electron chi connectivity index (χ4n) is 5.62. The molecule has 1 spiro atoms. The zero-order chi connectivity index (χ0) is 28.4. The number of amides is 3. The van der Waals surface area contributed by atoms with Gasteiger partial charge in [0, 0.05) is 43.6 Å². The molecule has 6 rings (SSSR count). The molecule has 2 saturated heterocycles. The number of rotatable bonds is 6. The smallest absolute Gasteiger partial charge is 0.256 e. The van der Waals surface area contributed by atoms with Crippen molar-refractivity contribution in [2.75, 3.05) is 33.6 Å². The first-order valence-electron chi connectivity index (χ1n) is 13.6. The van der Waals surface area contributed by atoms with Gasteiger partial charge in [-0.3, -0.25) is 19.3 Å². The summed E-state index contributed by atoms with van der Waals surface area (Å²) in [6.45, 7) is 1.27. The predicted octanol–water partition coefficient (Wildman–Crippen LogP) is 3.21. The van der Waals surface area contributed by atoms with Crippen LogP contribution in [0.3, 0.4) is 0 Å². The molecule has 3 aromatic rings. The van der Waals surface area contributed by atoms with Gasteiger partial charge in [0.2, 0.25) is 12.7 Å².